The Kier molecular flexibility index (Phi) is 6.21. The number of thioether (sulfide) groups is 1. The van der Waals surface area contributed by atoms with Crippen molar-refractivity contribution in [1.29, 1.82) is 0 Å². The highest BCUT2D eigenvalue weighted by Crippen LogP contribution is 2.35. The van der Waals surface area contributed by atoms with Crippen molar-refractivity contribution in [1.82, 2.24) is 10.2 Å². The highest BCUT2D eigenvalue weighted by Gasteiger charge is 2.23. The third-order valence-electron chi connectivity index (χ3n) is 4.24. The lowest BCUT2D eigenvalue weighted by Gasteiger charge is -2.21. The van der Waals surface area contributed by atoms with Gasteiger partial charge in [0.1, 0.15) is 5.82 Å². The molecule has 2 amide bonds. The Morgan fingerprint density at radius 3 is 2.72 bits per heavy atom. The smallest absolute Gasteiger partial charge is 0.317 e. The molecule has 0 unspecified atom stereocenters. The van der Waals surface area contributed by atoms with E-state index < -0.39 is 0 Å². The molecule has 0 radical (unpaired) electrons. The Hall–Kier alpha value is -1.72. The van der Waals surface area contributed by atoms with Crippen LogP contribution < -0.4 is 5.32 Å². The van der Waals surface area contributed by atoms with Crippen LogP contribution in [0.2, 0.25) is 5.02 Å². The van der Waals surface area contributed by atoms with Gasteiger partial charge in [-0.2, -0.15) is 11.8 Å². The Morgan fingerprint density at radius 2 is 1.96 bits per heavy atom. The first-order valence-electron chi connectivity index (χ1n) is 8.27. The Labute approximate surface area is 156 Å². The first-order chi connectivity index (χ1) is 12.1. The molecule has 0 saturated carbocycles. The lowest BCUT2D eigenvalue weighted by molar-refractivity contribution is 0.200. The van der Waals surface area contributed by atoms with Gasteiger partial charge in [0, 0.05) is 41.2 Å². The first kappa shape index (κ1) is 18.1. The number of amides is 2. The van der Waals surface area contributed by atoms with E-state index >= 15 is 0 Å². The minimum absolute atomic E-state index is 0.0790. The Bertz CT molecular complexity index is 726. The van der Waals surface area contributed by atoms with Crippen molar-refractivity contribution in [2.75, 3.05) is 18.8 Å². The molecular formula is C19H20ClFN2OS. The average molecular weight is 379 g/mol. The van der Waals surface area contributed by atoms with Gasteiger partial charge in [-0.3, -0.25) is 0 Å². The topological polar surface area (TPSA) is 32.3 Å². The molecule has 132 valence electrons. The van der Waals surface area contributed by atoms with Crippen LogP contribution in [0.5, 0.6) is 0 Å². The van der Waals surface area contributed by atoms with Gasteiger partial charge in [-0.1, -0.05) is 41.9 Å². The van der Waals surface area contributed by atoms with E-state index in [1.807, 2.05) is 41.3 Å². The summed E-state index contributed by atoms with van der Waals surface area (Å²) in [5, 5.41) is 3.71. The number of rotatable bonds is 3. The summed E-state index contributed by atoms with van der Waals surface area (Å²) in [6.45, 7) is 1.76. The fourth-order valence-electron chi connectivity index (χ4n) is 2.85. The number of hydrogen-bond donors (Lipinski definition) is 1. The number of hydrogen-bond acceptors (Lipinski definition) is 2. The third-order valence-corrected chi connectivity index (χ3v) is 5.80. The van der Waals surface area contributed by atoms with E-state index in [0.29, 0.717) is 24.7 Å². The van der Waals surface area contributed by atoms with Crippen molar-refractivity contribution < 1.29 is 9.18 Å². The summed E-state index contributed by atoms with van der Waals surface area (Å²) in [7, 11) is 0. The van der Waals surface area contributed by atoms with Crippen molar-refractivity contribution in [3.63, 3.8) is 0 Å². The standard InChI is InChI=1S/C19H20ClFN2OS/c20-15-7-5-14(6-8-15)13-22-19(24)23-10-9-18(25-12-11-23)16-3-1-2-4-17(16)21/h1-8,18H,9-13H2,(H,22,24)/t18-/m1/s1. The van der Waals surface area contributed by atoms with Crippen molar-refractivity contribution >= 4 is 29.4 Å². The van der Waals surface area contributed by atoms with Crippen molar-refractivity contribution in [3.8, 4) is 0 Å². The van der Waals surface area contributed by atoms with Gasteiger partial charge in [0.15, 0.2) is 0 Å². The molecule has 2 aromatic carbocycles. The van der Waals surface area contributed by atoms with Crippen LogP contribution in [0.25, 0.3) is 0 Å². The fourth-order valence-corrected chi connectivity index (χ4v) is 4.23. The monoisotopic (exact) mass is 378 g/mol. The quantitative estimate of drug-likeness (QED) is 0.826. The van der Waals surface area contributed by atoms with E-state index in [2.05, 4.69) is 5.32 Å². The predicted molar refractivity (Wildman–Crippen MR) is 101 cm³/mol. The molecule has 25 heavy (non-hydrogen) atoms. The summed E-state index contributed by atoms with van der Waals surface area (Å²) in [6.07, 6.45) is 0.750. The van der Waals surface area contributed by atoms with Gasteiger partial charge in [0.05, 0.1) is 0 Å². The lowest BCUT2D eigenvalue weighted by Crippen LogP contribution is -2.40. The maximum atomic E-state index is 14.0. The highest BCUT2D eigenvalue weighted by molar-refractivity contribution is 7.99. The summed E-state index contributed by atoms with van der Waals surface area (Å²) in [5.41, 5.74) is 1.74. The minimum atomic E-state index is -0.166. The molecule has 2 aromatic rings. The lowest BCUT2D eigenvalue weighted by atomic mass is 10.1. The molecule has 1 atom stereocenters. The summed E-state index contributed by atoms with van der Waals surface area (Å²) >= 11 is 7.58. The van der Waals surface area contributed by atoms with E-state index in [4.69, 9.17) is 11.6 Å². The molecule has 0 bridgehead atoms. The third kappa shape index (κ3) is 4.89. The molecule has 0 aromatic heterocycles. The van der Waals surface area contributed by atoms with Crippen LogP contribution in [0.4, 0.5) is 9.18 Å². The van der Waals surface area contributed by atoms with Gasteiger partial charge in [-0.25, -0.2) is 9.18 Å². The Morgan fingerprint density at radius 1 is 1.20 bits per heavy atom. The summed E-state index contributed by atoms with van der Waals surface area (Å²) < 4.78 is 14.0. The van der Waals surface area contributed by atoms with Gasteiger partial charge in [0.25, 0.3) is 0 Å². The van der Waals surface area contributed by atoms with E-state index in [-0.39, 0.29) is 17.1 Å². The van der Waals surface area contributed by atoms with Crippen LogP contribution in [0.3, 0.4) is 0 Å². The predicted octanol–water partition coefficient (Wildman–Crippen LogP) is 4.87. The zero-order valence-electron chi connectivity index (χ0n) is 13.8. The molecule has 6 heteroatoms. The molecule has 3 nitrogen and oxygen atoms in total. The second kappa shape index (κ2) is 8.59. The van der Waals surface area contributed by atoms with E-state index in [1.165, 1.54) is 6.07 Å². The fraction of sp³-hybridized carbons (Fsp3) is 0.316. The van der Waals surface area contributed by atoms with Crippen molar-refractivity contribution in [2.24, 2.45) is 0 Å². The Balaban J connectivity index is 1.54. The average Bonchev–Trinajstić information content (AvgIpc) is 2.87. The number of benzene rings is 2. The zero-order valence-corrected chi connectivity index (χ0v) is 15.3. The number of carbonyl (C=O) groups is 1. The van der Waals surface area contributed by atoms with Crippen LogP contribution in [0, 0.1) is 5.82 Å². The second-order valence-corrected chi connectivity index (χ2v) is 7.69. The van der Waals surface area contributed by atoms with Crippen LogP contribution in [0.1, 0.15) is 22.8 Å². The maximum absolute atomic E-state index is 14.0. The molecule has 3 rings (SSSR count). The van der Waals surface area contributed by atoms with Crippen LogP contribution >= 0.6 is 23.4 Å². The molecular weight excluding hydrogens is 359 g/mol. The first-order valence-corrected chi connectivity index (χ1v) is 9.69. The molecule has 1 fully saturated rings. The summed E-state index contributed by atoms with van der Waals surface area (Å²) in [6, 6.07) is 14.2. The van der Waals surface area contributed by atoms with Crippen molar-refractivity contribution in [3.05, 3.63) is 70.5 Å². The second-order valence-electron chi connectivity index (χ2n) is 5.94. The highest BCUT2D eigenvalue weighted by atomic mass is 35.5. The van der Waals surface area contributed by atoms with Gasteiger partial charge in [-0.05, 0) is 30.2 Å². The number of halogens is 2. The molecule has 1 N–H and O–H groups in total. The van der Waals surface area contributed by atoms with Crippen LogP contribution in [-0.4, -0.2) is 29.8 Å². The van der Waals surface area contributed by atoms with Gasteiger partial charge in [0.2, 0.25) is 0 Å². The number of urea groups is 1. The van der Waals surface area contributed by atoms with Gasteiger partial charge < -0.3 is 10.2 Å². The largest absolute Gasteiger partial charge is 0.334 e. The van der Waals surface area contributed by atoms with Crippen LogP contribution in [0.15, 0.2) is 48.5 Å². The zero-order chi connectivity index (χ0) is 17.6. The molecule has 1 aliphatic rings. The van der Waals surface area contributed by atoms with Crippen molar-refractivity contribution in [2.45, 2.75) is 18.2 Å². The SMILES string of the molecule is O=C(NCc1ccc(Cl)cc1)N1CCS[C@@H](c2ccccc2F)CC1. The molecule has 1 heterocycles. The van der Waals surface area contributed by atoms with E-state index in [9.17, 15) is 9.18 Å². The maximum Gasteiger partial charge on any atom is 0.317 e. The van der Waals surface area contributed by atoms with E-state index in [1.54, 1.807) is 17.8 Å². The molecule has 1 saturated heterocycles. The van der Waals surface area contributed by atoms with E-state index in [0.717, 1.165) is 23.3 Å². The molecule has 0 aliphatic carbocycles. The number of nitrogens with one attached hydrogen (secondary N) is 1. The molecule has 0 spiro atoms. The number of carbonyl (C=O) groups excluding carboxylic acids is 1. The molecule has 1 aliphatic heterocycles. The minimum Gasteiger partial charge on any atom is -0.334 e. The van der Waals surface area contributed by atoms with Gasteiger partial charge in [-0.15, -0.1) is 0 Å². The number of nitrogens with zero attached hydrogens (tertiary/aromatic N) is 1. The summed E-state index contributed by atoms with van der Waals surface area (Å²) in [4.78, 5) is 14.2. The normalized spacial score (nSPS) is 17.8. The summed E-state index contributed by atoms with van der Waals surface area (Å²) in [5.74, 6) is 0.633. The van der Waals surface area contributed by atoms with Crippen LogP contribution in [-0.2, 0) is 6.54 Å². The van der Waals surface area contributed by atoms with Gasteiger partial charge >= 0.3 is 6.03 Å².